The first-order valence-corrected chi connectivity index (χ1v) is 11.8. The lowest BCUT2D eigenvalue weighted by Crippen LogP contribution is -2.15. The Labute approximate surface area is 184 Å². The summed E-state index contributed by atoms with van der Waals surface area (Å²) < 4.78 is 8.02. The van der Waals surface area contributed by atoms with Crippen molar-refractivity contribution >= 4 is 34.1 Å². The van der Waals surface area contributed by atoms with Gasteiger partial charge in [-0.25, -0.2) is 0 Å². The molecule has 1 atom stereocenters. The number of nitrogens with zero attached hydrogens (tertiary/aromatic N) is 5. The van der Waals surface area contributed by atoms with E-state index in [0.717, 1.165) is 29.4 Å². The van der Waals surface area contributed by atoms with Crippen molar-refractivity contribution < 1.29 is 9.53 Å². The number of hydrogen-bond donors (Lipinski definition) is 1. The molecule has 0 saturated heterocycles. The molecule has 0 bridgehead atoms. The number of carbonyl (C=O) groups is 1. The van der Waals surface area contributed by atoms with E-state index >= 15 is 0 Å². The molecule has 1 amide bonds. The molecule has 160 valence electrons. The first-order chi connectivity index (χ1) is 14.5. The molecule has 30 heavy (non-hydrogen) atoms. The number of aryl methyl sites for hydroxylation is 2. The molecule has 0 aliphatic carbocycles. The zero-order valence-corrected chi connectivity index (χ0v) is 19.2. The number of thioether (sulfide) groups is 1. The van der Waals surface area contributed by atoms with Crippen molar-refractivity contribution in [1.82, 2.24) is 25.0 Å². The SMILES string of the molecule is CCc1ccc(OC(C)c2nnc(SCC(=O)Nc3nnc(CC)s3)n2CC)cc1. The number of nitrogens with one attached hydrogen (secondary N) is 1. The quantitative estimate of drug-likeness (QED) is 0.468. The minimum absolute atomic E-state index is 0.147. The standard InChI is InChI=1S/C20H26N6O2S2/c1-5-14-8-10-15(11-9-14)28-13(4)18-23-25-20(26(18)7-3)29-12-16(27)21-19-24-22-17(6-2)30-19/h8-11,13H,5-7,12H2,1-4H3,(H,21,24,27). The van der Waals surface area contributed by atoms with Gasteiger partial charge in [-0.15, -0.1) is 20.4 Å². The van der Waals surface area contributed by atoms with Crippen LogP contribution in [-0.2, 0) is 24.2 Å². The van der Waals surface area contributed by atoms with Crippen LogP contribution in [0.3, 0.4) is 0 Å². The van der Waals surface area contributed by atoms with Crippen molar-refractivity contribution in [1.29, 1.82) is 0 Å². The van der Waals surface area contributed by atoms with Crippen LogP contribution in [0.25, 0.3) is 0 Å². The predicted molar refractivity (Wildman–Crippen MR) is 119 cm³/mol. The van der Waals surface area contributed by atoms with Gasteiger partial charge >= 0.3 is 0 Å². The minimum Gasteiger partial charge on any atom is -0.483 e. The van der Waals surface area contributed by atoms with Gasteiger partial charge in [-0.1, -0.05) is 49.1 Å². The maximum Gasteiger partial charge on any atom is 0.236 e. The van der Waals surface area contributed by atoms with Crippen LogP contribution in [0.15, 0.2) is 29.4 Å². The zero-order chi connectivity index (χ0) is 21.5. The van der Waals surface area contributed by atoms with E-state index in [9.17, 15) is 4.79 Å². The van der Waals surface area contributed by atoms with Crippen LogP contribution in [0.5, 0.6) is 5.75 Å². The average Bonchev–Trinajstić information content (AvgIpc) is 3.39. The van der Waals surface area contributed by atoms with E-state index in [2.05, 4.69) is 44.8 Å². The molecular formula is C20H26N6O2S2. The van der Waals surface area contributed by atoms with Gasteiger partial charge in [0.05, 0.1) is 5.75 Å². The molecule has 0 aliphatic rings. The first-order valence-electron chi connectivity index (χ1n) is 9.97. The van der Waals surface area contributed by atoms with E-state index in [1.165, 1.54) is 28.7 Å². The maximum absolute atomic E-state index is 12.2. The molecule has 1 unspecified atom stereocenters. The van der Waals surface area contributed by atoms with Crippen molar-refractivity contribution in [3.63, 3.8) is 0 Å². The van der Waals surface area contributed by atoms with Crippen molar-refractivity contribution in [2.75, 3.05) is 11.1 Å². The highest BCUT2D eigenvalue weighted by Crippen LogP contribution is 2.25. The lowest BCUT2D eigenvalue weighted by atomic mass is 10.2. The van der Waals surface area contributed by atoms with Gasteiger partial charge in [0.25, 0.3) is 0 Å². The van der Waals surface area contributed by atoms with Crippen molar-refractivity contribution in [2.45, 2.75) is 58.3 Å². The third-order valence-electron chi connectivity index (χ3n) is 4.42. The summed E-state index contributed by atoms with van der Waals surface area (Å²) in [7, 11) is 0. The number of benzene rings is 1. The van der Waals surface area contributed by atoms with Crippen LogP contribution in [0.4, 0.5) is 5.13 Å². The highest BCUT2D eigenvalue weighted by Gasteiger charge is 2.19. The summed E-state index contributed by atoms with van der Waals surface area (Å²) in [6.07, 6.45) is 1.53. The minimum atomic E-state index is -0.262. The van der Waals surface area contributed by atoms with Gasteiger partial charge < -0.3 is 9.30 Å². The Morgan fingerprint density at radius 1 is 1.13 bits per heavy atom. The Morgan fingerprint density at radius 2 is 1.90 bits per heavy atom. The van der Waals surface area contributed by atoms with Crippen LogP contribution >= 0.6 is 23.1 Å². The fourth-order valence-electron chi connectivity index (χ4n) is 2.80. The first kappa shape index (κ1) is 22.2. The lowest BCUT2D eigenvalue weighted by Gasteiger charge is -2.15. The van der Waals surface area contributed by atoms with E-state index in [1.54, 1.807) is 0 Å². The number of aromatic nitrogens is 5. The van der Waals surface area contributed by atoms with Crippen LogP contribution in [0.2, 0.25) is 0 Å². The Morgan fingerprint density at radius 3 is 2.53 bits per heavy atom. The second kappa shape index (κ2) is 10.5. The number of anilines is 1. The van der Waals surface area contributed by atoms with Crippen LogP contribution in [-0.4, -0.2) is 36.6 Å². The van der Waals surface area contributed by atoms with Crippen molar-refractivity contribution in [3.8, 4) is 5.75 Å². The van der Waals surface area contributed by atoms with Gasteiger partial charge in [0.15, 0.2) is 17.1 Å². The summed E-state index contributed by atoms with van der Waals surface area (Å²) in [6.45, 7) is 8.78. The number of ether oxygens (including phenoxy) is 1. The molecule has 1 N–H and O–H groups in total. The second-order valence-electron chi connectivity index (χ2n) is 6.53. The summed E-state index contributed by atoms with van der Waals surface area (Å²) in [4.78, 5) is 12.2. The Kier molecular flexibility index (Phi) is 7.81. The van der Waals surface area contributed by atoms with Gasteiger partial charge in [-0.2, -0.15) is 0 Å². The predicted octanol–water partition coefficient (Wildman–Crippen LogP) is 4.15. The third-order valence-corrected chi connectivity index (χ3v) is 6.37. The van der Waals surface area contributed by atoms with Gasteiger partial charge in [0, 0.05) is 6.54 Å². The molecule has 3 rings (SSSR count). The molecule has 2 aromatic heterocycles. The molecule has 0 radical (unpaired) electrons. The summed E-state index contributed by atoms with van der Waals surface area (Å²) in [5, 5.41) is 21.4. The van der Waals surface area contributed by atoms with Crippen LogP contribution < -0.4 is 10.1 Å². The Hall–Kier alpha value is -2.46. The number of rotatable bonds is 10. The fourth-order valence-corrected chi connectivity index (χ4v) is 4.30. The van der Waals surface area contributed by atoms with E-state index in [-0.39, 0.29) is 17.8 Å². The monoisotopic (exact) mass is 446 g/mol. The van der Waals surface area contributed by atoms with Gasteiger partial charge in [0.1, 0.15) is 10.8 Å². The number of hydrogen-bond acceptors (Lipinski definition) is 8. The third kappa shape index (κ3) is 5.57. The number of carbonyl (C=O) groups excluding carboxylic acids is 1. The smallest absolute Gasteiger partial charge is 0.236 e. The topological polar surface area (TPSA) is 94.8 Å². The summed E-state index contributed by atoms with van der Waals surface area (Å²) in [6, 6.07) is 8.07. The fraction of sp³-hybridized carbons (Fsp3) is 0.450. The molecular weight excluding hydrogens is 420 g/mol. The molecule has 0 fully saturated rings. The molecule has 2 heterocycles. The van der Waals surface area contributed by atoms with Gasteiger partial charge in [-0.3, -0.25) is 10.1 Å². The van der Waals surface area contributed by atoms with Crippen LogP contribution in [0.1, 0.15) is 50.2 Å². The van der Waals surface area contributed by atoms with Crippen LogP contribution in [0, 0.1) is 0 Å². The molecule has 0 spiro atoms. The normalized spacial score (nSPS) is 12.0. The van der Waals surface area contributed by atoms with E-state index in [4.69, 9.17) is 4.74 Å². The largest absolute Gasteiger partial charge is 0.483 e. The Bertz CT molecular complexity index is 970. The van der Waals surface area contributed by atoms with Gasteiger partial charge in [0.2, 0.25) is 11.0 Å². The average molecular weight is 447 g/mol. The molecule has 0 saturated carbocycles. The van der Waals surface area contributed by atoms with Crippen molar-refractivity contribution in [3.05, 3.63) is 40.7 Å². The van der Waals surface area contributed by atoms with E-state index in [1.807, 2.05) is 37.5 Å². The van der Waals surface area contributed by atoms with Crippen molar-refractivity contribution in [2.24, 2.45) is 0 Å². The lowest BCUT2D eigenvalue weighted by molar-refractivity contribution is -0.113. The molecule has 3 aromatic rings. The second-order valence-corrected chi connectivity index (χ2v) is 8.54. The highest BCUT2D eigenvalue weighted by atomic mass is 32.2. The molecule has 8 nitrogen and oxygen atoms in total. The van der Waals surface area contributed by atoms with E-state index in [0.29, 0.717) is 16.8 Å². The summed E-state index contributed by atoms with van der Waals surface area (Å²) in [5.41, 5.74) is 1.27. The zero-order valence-electron chi connectivity index (χ0n) is 17.6. The Balaban J connectivity index is 1.60. The summed E-state index contributed by atoms with van der Waals surface area (Å²) >= 11 is 2.73. The highest BCUT2D eigenvalue weighted by molar-refractivity contribution is 7.99. The maximum atomic E-state index is 12.2. The van der Waals surface area contributed by atoms with E-state index < -0.39 is 0 Å². The molecule has 0 aliphatic heterocycles. The van der Waals surface area contributed by atoms with Gasteiger partial charge in [-0.05, 0) is 44.4 Å². The number of amides is 1. The summed E-state index contributed by atoms with van der Waals surface area (Å²) in [5.74, 6) is 1.60. The molecule has 10 heteroatoms. The molecule has 1 aromatic carbocycles.